The highest BCUT2D eigenvalue weighted by Crippen LogP contribution is 2.13. The first-order chi connectivity index (χ1) is 13.7. The van der Waals surface area contributed by atoms with Crippen LogP contribution in [0.5, 0.6) is 11.5 Å². The molecule has 1 saturated heterocycles. The summed E-state index contributed by atoms with van der Waals surface area (Å²) in [4.78, 5) is 28.7. The third-order valence-corrected chi connectivity index (χ3v) is 4.83. The lowest BCUT2D eigenvalue weighted by atomic mass is 10.1. The van der Waals surface area contributed by atoms with Gasteiger partial charge in [-0.25, -0.2) is 0 Å². The van der Waals surface area contributed by atoms with Crippen LogP contribution in [0.3, 0.4) is 0 Å². The van der Waals surface area contributed by atoms with Gasteiger partial charge in [0.25, 0.3) is 0 Å². The fourth-order valence-electron chi connectivity index (χ4n) is 3.16. The molecule has 0 aromatic heterocycles. The molecule has 2 aromatic rings. The number of amides is 1. The second kappa shape index (κ2) is 9.90. The molecular formula is C22H26N2O4. The molecule has 0 N–H and O–H groups in total. The van der Waals surface area contributed by atoms with Gasteiger partial charge in [-0.1, -0.05) is 18.2 Å². The van der Waals surface area contributed by atoms with Crippen molar-refractivity contribution in [1.82, 2.24) is 9.80 Å². The zero-order valence-corrected chi connectivity index (χ0v) is 16.2. The van der Waals surface area contributed by atoms with Crippen molar-refractivity contribution in [2.24, 2.45) is 0 Å². The number of carbonyl (C=O) groups is 2. The van der Waals surface area contributed by atoms with E-state index in [1.54, 1.807) is 31.4 Å². The van der Waals surface area contributed by atoms with E-state index in [2.05, 4.69) is 4.90 Å². The Morgan fingerprint density at radius 2 is 1.57 bits per heavy atom. The molecule has 0 bridgehead atoms. The van der Waals surface area contributed by atoms with Crippen molar-refractivity contribution in [3.05, 3.63) is 60.2 Å². The lowest BCUT2D eigenvalue weighted by Crippen LogP contribution is -2.50. The number of benzene rings is 2. The van der Waals surface area contributed by atoms with Crippen LogP contribution in [0.1, 0.15) is 16.8 Å². The van der Waals surface area contributed by atoms with Gasteiger partial charge in [0.1, 0.15) is 11.5 Å². The van der Waals surface area contributed by atoms with E-state index in [1.165, 1.54) is 0 Å². The molecule has 28 heavy (non-hydrogen) atoms. The highest BCUT2D eigenvalue weighted by Gasteiger charge is 2.22. The SMILES string of the molecule is COc1ccc(C(=O)CN2CCN(C(=O)CCOc3ccccc3)CC2)cc1. The maximum atomic E-state index is 12.4. The second-order valence-electron chi connectivity index (χ2n) is 6.72. The average molecular weight is 382 g/mol. The summed E-state index contributed by atoms with van der Waals surface area (Å²) in [6, 6.07) is 16.7. The summed E-state index contributed by atoms with van der Waals surface area (Å²) >= 11 is 0. The molecule has 6 heteroatoms. The van der Waals surface area contributed by atoms with Crippen molar-refractivity contribution in [3.63, 3.8) is 0 Å². The molecule has 1 aliphatic rings. The highest BCUT2D eigenvalue weighted by molar-refractivity contribution is 5.97. The van der Waals surface area contributed by atoms with Gasteiger partial charge in [0.15, 0.2) is 5.78 Å². The summed E-state index contributed by atoms with van der Waals surface area (Å²) in [5.41, 5.74) is 0.678. The Labute approximate surface area is 165 Å². The average Bonchev–Trinajstić information content (AvgIpc) is 2.75. The molecule has 0 spiro atoms. The van der Waals surface area contributed by atoms with Crippen LogP contribution in [0.15, 0.2) is 54.6 Å². The molecule has 0 saturated carbocycles. The van der Waals surface area contributed by atoms with Crippen molar-refractivity contribution in [1.29, 1.82) is 0 Å². The van der Waals surface area contributed by atoms with Crippen LogP contribution in [0, 0.1) is 0 Å². The second-order valence-corrected chi connectivity index (χ2v) is 6.72. The zero-order valence-electron chi connectivity index (χ0n) is 16.2. The van der Waals surface area contributed by atoms with Gasteiger partial charge in [0.2, 0.25) is 5.91 Å². The third-order valence-electron chi connectivity index (χ3n) is 4.83. The molecule has 0 unspecified atom stereocenters. The number of piperazine rings is 1. The van der Waals surface area contributed by atoms with Crippen LogP contribution in [0.2, 0.25) is 0 Å². The van der Waals surface area contributed by atoms with Gasteiger partial charge in [-0.2, -0.15) is 0 Å². The highest BCUT2D eigenvalue weighted by atomic mass is 16.5. The van der Waals surface area contributed by atoms with E-state index in [4.69, 9.17) is 9.47 Å². The third kappa shape index (κ3) is 5.57. The summed E-state index contributed by atoms with van der Waals surface area (Å²) in [6.45, 7) is 3.42. The van der Waals surface area contributed by atoms with Gasteiger partial charge in [-0.15, -0.1) is 0 Å². The Balaban J connectivity index is 1.38. The van der Waals surface area contributed by atoms with Crippen molar-refractivity contribution < 1.29 is 19.1 Å². The molecule has 0 radical (unpaired) electrons. The molecule has 0 atom stereocenters. The Morgan fingerprint density at radius 1 is 0.893 bits per heavy atom. The van der Waals surface area contributed by atoms with E-state index >= 15 is 0 Å². The first-order valence-electron chi connectivity index (χ1n) is 9.51. The van der Waals surface area contributed by atoms with E-state index in [0.717, 1.165) is 11.5 Å². The maximum Gasteiger partial charge on any atom is 0.226 e. The molecule has 6 nitrogen and oxygen atoms in total. The fourth-order valence-corrected chi connectivity index (χ4v) is 3.16. The Bertz CT molecular complexity index is 769. The van der Waals surface area contributed by atoms with Crippen molar-refractivity contribution in [2.45, 2.75) is 6.42 Å². The molecule has 1 amide bonds. The smallest absolute Gasteiger partial charge is 0.226 e. The van der Waals surface area contributed by atoms with E-state index < -0.39 is 0 Å². The number of methoxy groups -OCH3 is 1. The number of hydrogen-bond donors (Lipinski definition) is 0. The first kappa shape index (κ1) is 19.9. The number of hydrogen-bond acceptors (Lipinski definition) is 5. The van der Waals surface area contributed by atoms with Crippen LogP contribution in [0.25, 0.3) is 0 Å². The summed E-state index contributed by atoms with van der Waals surface area (Å²) in [5.74, 6) is 1.69. The standard InChI is InChI=1S/C22H26N2O4/c1-27-19-9-7-18(8-10-19)21(25)17-23-12-14-24(15-13-23)22(26)11-16-28-20-5-3-2-4-6-20/h2-10H,11-17H2,1H3. The quantitative estimate of drug-likeness (QED) is 0.657. The first-order valence-corrected chi connectivity index (χ1v) is 9.51. The van der Waals surface area contributed by atoms with Crippen molar-refractivity contribution in [3.8, 4) is 11.5 Å². The van der Waals surface area contributed by atoms with Gasteiger partial charge in [0.05, 0.1) is 26.7 Å². The van der Waals surface area contributed by atoms with Crippen LogP contribution < -0.4 is 9.47 Å². The summed E-state index contributed by atoms with van der Waals surface area (Å²) in [6.07, 6.45) is 0.361. The predicted octanol–water partition coefficient (Wildman–Crippen LogP) is 2.49. The number of ketones is 1. The van der Waals surface area contributed by atoms with E-state index in [-0.39, 0.29) is 11.7 Å². The normalized spacial score (nSPS) is 14.5. The molecular weight excluding hydrogens is 356 g/mol. The fraction of sp³-hybridized carbons (Fsp3) is 0.364. The lowest BCUT2D eigenvalue weighted by Gasteiger charge is -2.34. The summed E-state index contributed by atoms with van der Waals surface area (Å²) in [7, 11) is 1.60. The number of para-hydroxylation sites is 1. The van der Waals surface area contributed by atoms with Crippen LogP contribution in [-0.2, 0) is 4.79 Å². The number of rotatable bonds is 8. The van der Waals surface area contributed by atoms with E-state index in [0.29, 0.717) is 51.3 Å². The molecule has 1 fully saturated rings. The van der Waals surface area contributed by atoms with Gasteiger partial charge >= 0.3 is 0 Å². The molecule has 0 aliphatic carbocycles. The van der Waals surface area contributed by atoms with Gasteiger partial charge in [-0.3, -0.25) is 14.5 Å². The van der Waals surface area contributed by atoms with Gasteiger partial charge in [0, 0.05) is 31.7 Å². The van der Waals surface area contributed by atoms with Crippen LogP contribution >= 0.6 is 0 Å². The van der Waals surface area contributed by atoms with Gasteiger partial charge < -0.3 is 14.4 Å². The number of nitrogens with zero attached hydrogens (tertiary/aromatic N) is 2. The van der Waals surface area contributed by atoms with Crippen LogP contribution in [-0.4, -0.2) is 67.9 Å². The van der Waals surface area contributed by atoms with E-state index in [9.17, 15) is 9.59 Å². The lowest BCUT2D eigenvalue weighted by molar-refractivity contribution is -0.133. The monoisotopic (exact) mass is 382 g/mol. The number of Topliss-reactive ketones (excluding diaryl/α,β-unsaturated/α-hetero) is 1. The Morgan fingerprint density at radius 3 is 2.21 bits per heavy atom. The molecule has 1 heterocycles. The largest absolute Gasteiger partial charge is 0.497 e. The minimum absolute atomic E-state index is 0.0821. The van der Waals surface area contributed by atoms with Gasteiger partial charge in [-0.05, 0) is 36.4 Å². The summed E-state index contributed by atoms with van der Waals surface area (Å²) < 4.78 is 10.7. The maximum absolute atomic E-state index is 12.4. The minimum Gasteiger partial charge on any atom is -0.497 e. The van der Waals surface area contributed by atoms with E-state index in [1.807, 2.05) is 35.2 Å². The number of carbonyl (C=O) groups excluding carboxylic acids is 2. The molecule has 3 rings (SSSR count). The summed E-state index contributed by atoms with van der Waals surface area (Å²) in [5, 5.41) is 0. The molecule has 2 aromatic carbocycles. The Kier molecular flexibility index (Phi) is 7.03. The topological polar surface area (TPSA) is 59.1 Å². The van der Waals surface area contributed by atoms with Crippen LogP contribution in [0.4, 0.5) is 0 Å². The zero-order chi connectivity index (χ0) is 19.8. The molecule has 148 valence electrons. The minimum atomic E-state index is 0.0821. The number of ether oxygens (including phenoxy) is 2. The predicted molar refractivity (Wildman–Crippen MR) is 107 cm³/mol. The molecule has 1 aliphatic heterocycles. The van der Waals surface area contributed by atoms with Crippen molar-refractivity contribution in [2.75, 3.05) is 46.4 Å². The van der Waals surface area contributed by atoms with Crippen molar-refractivity contribution >= 4 is 11.7 Å². The Hall–Kier alpha value is -2.86.